The summed E-state index contributed by atoms with van der Waals surface area (Å²) in [5, 5.41) is 0. The second kappa shape index (κ2) is 6.39. The third-order valence-electron chi connectivity index (χ3n) is 3.20. The molecular formula is C16H20N2O2. The zero-order valence-corrected chi connectivity index (χ0v) is 12.1. The van der Waals surface area contributed by atoms with E-state index in [2.05, 4.69) is 4.98 Å². The van der Waals surface area contributed by atoms with Crippen molar-refractivity contribution in [2.75, 3.05) is 14.2 Å². The van der Waals surface area contributed by atoms with Gasteiger partial charge in [-0.25, -0.2) is 0 Å². The second-order valence-corrected chi connectivity index (χ2v) is 4.78. The van der Waals surface area contributed by atoms with Crippen LogP contribution in [0.2, 0.25) is 0 Å². The zero-order valence-electron chi connectivity index (χ0n) is 12.1. The molecule has 20 heavy (non-hydrogen) atoms. The topological polar surface area (TPSA) is 57.4 Å². The molecule has 2 aromatic rings. The minimum Gasteiger partial charge on any atom is -0.497 e. The number of benzene rings is 1. The first kappa shape index (κ1) is 14.3. The summed E-state index contributed by atoms with van der Waals surface area (Å²) in [6, 6.07) is 9.60. The number of nitrogens with zero attached hydrogens (tertiary/aromatic N) is 1. The van der Waals surface area contributed by atoms with Gasteiger partial charge >= 0.3 is 0 Å². The Morgan fingerprint density at radius 3 is 2.25 bits per heavy atom. The van der Waals surface area contributed by atoms with Crippen LogP contribution < -0.4 is 15.2 Å². The fraction of sp³-hybridized carbons (Fsp3) is 0.312. The van der Waals surface area contributed by atoms with E-state index in [1.165, 1.54) is 0 Å². The van der Waals surface area contributed by atoms with Crippen molar-refractivity contribution in [1.82, 2.24) is 4.98 Å². The highest BCUT2D eigenvalue weighted by Gasteiger charge is 2.11. The van der Waals surface area contributed by atoms with Gasteiger partial charge in [-0.2, -0.15) is 0 Å². The molecule has 1 heterocycles. The van der Waals surface area contributed by atoms with Crippen molar-refractivity contribution >= 4 is 0 Å². The number of aryl methyl sites for hydroxylation is 1. The summed E-state index contributed by atoms with van der Waals surface area (Å²) in [6.07, 6.45) is 2.53. The first-order chi connectivity index (χ1) is 9.62. The van der Waals surface area contributed by atoms with Gasteiger partial charge in [0.05, 0.1) is 14.2 Å². The van der Waals surface area contributed by atoms with E-state index in [4.69, 9.17) is 15.2 Å². The van der Waals surface area contributed by atoms with Gasteiger partial charge in [-0.1, -0.05) is 6.07 Å². The first-order valence-corrected chi connectivity index (χ1v) is 6.52. The number of nitrogens with two attached hydrogens (primary N) is 1. The van der Waals surface area contributed by atoms with Gasteiger partial charge in [-0.3, -0.25) is 4.98 Å². The van der Waals surface area contributed by atoms with Gasteiger partial charge in [0.2, 0.25) is 0 Å². The van der Waals surface area contributed by atoms with Crippen LogP contribution in [0, 0.1) is 6.92 Å². The minimum atomic E-state index is -0.144. The summed E-state index contributed by atoms with van der Waals surface area (Å²) >= 11 is 0. The van der Waals surface area contributed by atoms with Crippen LogP contribution in [0.1, 0.15) is 22.9 Å². The predicted molar refractivity (Wildman–Crippen MR) is 79.2 cm³/mol. The highest BCUT2D eigenvalue weighted by molar-refractivity contribution is 5.40. The van der Waals surface area contributed by atoms with Gasteiger partial charge in [0.25, 0.3) is 0 Å². The molecule has 0 spiro atoms. The largest absolute Gasteiger partial charge is 0.497 e. The number of methoxy groups -OCH3 is 2. The molecule has 4 heteroatoms. The Balaban J connectivity index is 2.19. The van der Waals surface area contributed by atoms with Crippen LogP contribution in [0.4, 0.5) is 0 Å². The predicted octanol–water partition coefficient (Wildman–Crippen LogP) is 2.65. The second-order valence-electron chi connectivity index (χ2n) is 4.78. The summed E-state index contributed by atoms with van der Waals surface area (Å²) in [4.78, 5) is 4.39. The van der Waals surface area contributed by atoms with Crippen LogP contribution in [0.25, 0.3) is 0 Å². The van der Waals surface area contributed by atoms with Gasteiger partial charge in [0.1, 0.15) is 11.5 Å². The molecule has 0 aliphatic rings. The highest BCUT2D eigenvalue weighted by Crippen LogP contribution is 2.26. The van der Waals surface area contributed by atoms with Gasteiger partial charge in [-0.05, 0) is 36.2 Å². The standard InChI is InChI=1S/C16H20N2O2/c1-11-4-5-13(18-10-11)8-16(17)12-6-14(19-2)9-15(7-12)20-3/h4-7,9-10,16H,8,17H2,1-3H3. The summed E-state index contributed by atoms with van der Waals surface area (Å²) in [7, 11) is 3.26. The van der Waals surface area contributed by atoms with Crippen LogP contribution in [-0.2, 0) is 6.42 Å². The van der Waals surface area contributed by atoms with E-state index in [9.17, 15) is 0 Å². The van der Waals surface area contributed by atoms with Crippen molar-refractivity contribution in [2.24, 2.45) is 5.73 Å². The first-order valence-electron chi connectivity index (χ1n) is 6.52. The van der Waals surface area contributed by atoms with E-state index < -0.39 is 0 Å². The molecule has 0 saturated heterocycles. The Morgan fingerprint density at radius 1 is 1.10 bits per heavy atom. The molecule has 0 bridgehead atoms. The van der Waals surface area contributed by atoms with Crippen molar-refractivity contribution in [1.29, 1.82) is 0 Å². The minimum absolute atomic E-state index is 0.144. The van der Waals surface area contributed by atoms with E-state index in [0.717, 1.165) is 28.3 Å². The molecule has 1 aromatic heterocycles. The van der Waals surface area contributed by atoms with Crippen molar-refractivity contribution < 1.29 is 9.47 Å². The quantitative estimate of drug-likeness (QED) is 0.909. The summed E-state index contributed by atoms with van der Waals surface area (Å²) in [5.41, 5.74) is 9.36. The Kier molecular flexibility index (Phi) is 4.58. The number of pyridine rings is 1. The Labute approximate surface area is 119 Å². The number of hydrogen-bond acceptors (Lipinski definition) is 4. The average Bonchev–Trinajstić information content (AvgIpc) is 2.48. The molecule has 106 valence electrons. The molecule has 1 unspecified atom stereocenters. The fourth-order valence-corrected chi connectivity index (χ4v) is 2.01. The monoisotopic (exact) mass is 272 g/mol. The molecule has 1 atom stereocenters. The maximum absolute atomic E-state index is 6.26. The van der Waals surface area contributed by atoms with Crippen LogP contribution in [-0.4, -0.2) is 19.2 Å². The average molecular weight is 272 g/mol. The van der Waals surface area contributed by atoms with E-state index in [-0.39, 0.29) is 6.04 Å². The molecule has 4 nitrogen and oxygen atoms in total. The molecule has 0 aliphatic heterocycles. The Morgan fingerprint density at radius 2 is 1.75 bits per heavy atom. The molecule has 0 fully saturated rings. The maximum atomic E-state index is 6.26. The third kappa shape index (κ3) is 3.48. The number of hydrogen-bond donors (Lipinski definition) is 1. The highest BCUT2D eigenvalue weighted by atomic mass is 16.5. The maximum Gasteiger partial charge on any atom is 0.122 e. The van der Waals surface area contributed by atoms with Crippen molar-refractivity contribution in [3.8, 4) is 11.5 Å². The SMILES string of the molecule is COc1cc(OC)cc(C(N)Cc2ccc(C)cn2)c1. The number of ether oxygens (including phenoxy) is 2. The van der Waals surface area contributed by atoms with Crippen LogP contribution >= 0.6 is 0 Å². The van der Waals surface area contributed by atoms with Gasteiger partial charge in [-0.15, -0.1) is 0 Å². The molecule has 0 saturated carbocycles. The fourth-order valence-electron chi connectivity index (χ4n) is 2.01. The van der Waals surface area contributed by atoms with E-state index >= 15 is 0 Å². The molecular weight excluding hydrogens is 252 g/mol. The molecule has 2 N–H and O–H groups in total. The van der Waals surface area contributed by atoms with E-state index in [0.29, 0.717) is 6.42 Å². The van der Waals surface area contributed by atoms with E-state index in [1.807, 2.05) is 43.5 Å². The normalized spacial score (nSPS) is 12.0. The Hall–Kier alpha value is -2.07. The lowest BCUT2D eigenvalue weighted by Gasteiger charge is -2.14. The lowest BCUT2D eigenvalue weighted by molar-refractivity contribution is 0.392. The molecule has 0 radical (unpaired) electrons. The Bertz CT molecular complexity index is 545. The lowest BCUT2D eigenvalue weighted by Crippen LogP contribution is -2.14. The smallest absolute Gasteiger partial charge is 0.122 e. The zero-order chi connectivity index (χ0) is 14.5. The summed E-state index contributed by atoms with van der Waals surface area (Å²) in [5.74, 6) is 1.48. The molecule has 0 aliphatic carbocycles. The number of aromatic nitrogens is 1. The van der Waals surface area contributed by atoms with Crippen molar-refractivity contribution in [2.45, 2.75) is 19.4 Å². The summed E-state index contributed by atoms with van der Waals surface area (Å²) in [6.45, 7) is 2.02. The molecule has 2 rings (SSSR count). The van der Waals surface area contributed by atoms with Gasteiger partial charge < -0.3 is 15.2 Å². The van der Waals surface area contributed by atoms with Crippen molar-refractivity contribution in [3.05, 3.63) is 53.3 Å². The summed E-state index contributed by atoms with van der Waals surface area (Å²) < 4.78 is 10.5. The third-order valence-corrected chi connectivity index (χ3v) is 3.20. The van der Waals surface area contributed by atoms with Crippen molar-refractivity contribution in [3.63, 3.8) is 0 Å². The molecule has 0 amide bonds. The number of rotatable bonds is 5. The van der Waals surface area contributed by atoms with Crippen LogP contribution in [0.15, 0.2) is 36.5 Å². The van der Waals surface area contributed by atoms with Gasteiger partial charge in [0.15, 0.2) is 0 Å². The lowest BCUT2D eigenvalue weighted by atomic mass is 10.0. The van der Waals surface area contributed by atoms with Crippen LogP contribution in [0.3, 0.4) is 0 Å². The molecule has 1 aromatic carbocycles. The van der Waals surface area contributed by atoms with Gasteiger partial charge in [0, 0.05) is 30.4 Å². The van der Waals surface area contributed by atoms with E-state index in [1.54, 1.807) is 14.2 Å². The van der Waals surface area contributed by atoms with Crippen LogP contribution in [0.5, 0.6) is 11.5 Å².